The number of aliphatic hydroxyl groups is 1. The summed E-state index contributed by atoms with van der Waals surface area (Å²) in [6.45, 7) is 0.204. The van der Waals surface area contributed by atoms with Gasteiger partial charge < -0.3 is 15.0 Å². The number of hydrogen-bond donors (Lipinski definition) is 2. The van der Waals surface area contributed by atoms with Gasteiger partial charge >= 0.3 is 0 Å². The van der Waals surface area contributed by atoms with Gasteiger partial charge in [0.15, 0.2) is 0 Å². The zero-order valence-electron chi connectivity index (χ0n) is 12.8. The fraction of sp³-hybridized carbons (Fsp3) is 0.167. The number of rotatable bonds is 5. The van der Waals surface area contributed by atoms with Crippen molar-refractivity contribution in [2.75, 3.05) is 6.54 Å². The molecular formula is C18H18N2O2S. The van der Waals surface area contributed by atoms with Crippen molar-refractivity contribution in [3.8, 4) is 0 Å². The van der Waals surface area contributed by atoms with Crippen LogP contribution in [0.15, 0.2) is 53.4 Å². The monoisotopic (exact) mass is 326 g/mol. The van der Waals surface area contributed by atoms with Crippen LogP contribution < -0.4 is 5.32 Å². The minimum Gasteiger partial charge on any atom is -0.387 e. The molecule has 2 aromatic heterocycles. The summed E-state index contributed by atoms with van der Waals surface area (Å²) in [4.78, 5) is 11.9. The first-order chi connectivity index (χ1) is 11.1. The smallest absolute Gasteiger partial charge is 0.244 e. The third-order valence-corrected chi connectivity index (χ3v) is 4.44. The van der Waals surface area contributed by atoms with E-state index >= 15 is 0 Å². The molecule has 0 saturated carbocycles. The predicted molar refractivity (Wildman–Crippen MR) is 94.2 cm³/mol. The largest absolute Gasteiger partial charge is 0.387 e. The number of fused-ring (bicyclic) bond motifs is 1. The van der Waals surface area contributed by atoms with Gasteiger partial charge in [-0.05, 0) is 34.5 Å². The lowest BCUT2D eigenvalue weighted by atomic mass is 10.1. The van der Waals surface area contributed by atoms with Crippen LogP contribution in [-0.4, -0.2) is 22.1 Å². The van der Waals surface area contributed by atoms with Gasteiger partial charge in [0.1, 0.15) is 0 Å². The molecule has 1 atom stereocenters. The Hall–Kier alpha value is -2.37. The van der Waals surface area contributed by atoms with Crippen LogP contribution in [0.1, 0.15) is 17.2 Å². The fourth-order valence-electron chi connectivity index (χ4n) is 2.51. The summed E-state index contributed by atoms with van der Waals surface area (Å²) in [5.74, 6) is -0.216. The van der Waals surface area contributed by atoms with Crippen molar-refractivity contribution < 1.29 is 9.90 Å². The van der Waals surface area contributed by atoms with Gasteiger partial charge in [-0.15, -0.1) is 0 Å². The molecule has 1 unspecified atom stereocenters. The molecule has 5 heteroatoms. The number of para-hydroxylation sites is 1. The Bertz CT molecular complexity index is 834. The summed E-state index contributed by atoms with van der Waals surface area (Å²) in [6.07, 6.45) is 4.63. The zero-order valence-corrected chi connectivity index (χ0v) is 13.6. The topological polar surface area (TPSA) is 54.3 Å². The number of nitrogens with zero attached hydrogens (tertiary/aromatic N) is 1. The van der Waals surface area contributed by atoms with Crippen LogP contribution in [0, 0.1) is 0 Å². The normalized spacial score (nSPS) is 12.8. The molecule has 1 amide bonds. The zero-order chi connectivity index (χ0) is 16.2. The number of hydrogen-bond acceptors (Lipinski definition) is 3. The van der Waals surface area contributed by atoms with Gasteiger partial charge in [0.2, 0.25) is 5.91 Å². The lowest BCUT2D eigenvalue weighted by Gasteiger charge is -2.08. The lowest BCUT2D eigenvalue weighted by Crippen LogP contribution is -2.26. The second-order valence-corrected chi connectivity index (χ2v) is 6.14. The Morgan fingerprint density at radius 3 is 3.00 bits per heavy atom. The fourth-order valence-corrected chi connectivity index (χ4v) is 3.22. The van der Waals surface area contributed by atoms with Gasteiger partial charge in [-0.1, -0.05) is 18.2 Å². The standard InChI is InChI=1S/C18H18N2O2S/c1-20-11-13(15-4-2-3-5-16(15)20)6-7-18(22)19-10-17(21)14-8-9-23-12-14/h2-9,11-12,17,21H,10H2,1H3,(H,19,22)/b7-6+. The summed E-state index contributed by atoms with van der Waals surface area (Å²) >= 11 is 1.52. The maximum Gasteiger partial charge on any atom is 0.244 e. The van der Waals surface area contributed by atoms with Crippen molar-refractivity contribution in [2.45, 2.75) is 6.10 Å². The number of benzene rings is 1. The molecule has 0 fully saturated rings. The molecule has 0 aliphatic carbocycles. The maximum atomic E-state index is 11.9. The molecule has 3 rings (SSSR count). The average Bonchev–Trinajstić information content (AvgIpc) is 3.20. The SMILES string of the molecule is Cn1cc(/C=C/C(=O)NCC(O)c2ccsc2)c2ccccc21. The molecule has 0 aliphatic rings. The molecular weight excluding hydrogens is 308 g/mol. The first-order valence-corrected chi connectivity index (χ1v) is 8.29. The lowest BCUT2D eigenvalue weighted by molar-refractivity contribution is -0.116. The van der Waals surface area contributed by atoms with E-state index in [2.05, 4.69) is 5.32 Å². The van der Waals surface area contributed by atoms with E-state index in [9.17, 15) is 9.90 Å². The molecule has 2 heterocycles. The van der Waals surface area contributed by atoms with Crippen LogP contribution in [0.3, 0.4) is 0 Å². The van der Waals surface area contributed by atoms with E-state index in [-0.39, 0.29) is 12.5 Å². The van der Waals surface area contributed by atoms with E-state index in [4.69, 9.17) is 0 Å². The van der Waals surface area contributed by atoms with Crippen molar-refractivity contribution in [3.05, 3.63) is 64.5 Å². The summed E-state index contributed by atoms with van der Waals surface area (Å²) in [5, 5.41) is 17.6. The molecule has 0 bridgehead atoms. The predicted octanol–water partition coefficient (Wildman–Crippen LogP) is 3.10. The second-order valence-electron chi connectivity index (χ2n) is 5.36. The minimum atomic E-state index is -0.670. The summed E-state index contributed by atoms with van der Waals surface area (Å²) in [6, 6.07) is 9.91. The summed E-state index contributed by atoms with van der Waals surface area (Å²) < 4.78 is 2.03. The van der Waals surface area contributed by atoms with E-state index in [0.717, 1.165) is 22.0 Å². The molecule has 0 aliphatic heterocycles. The number of aromatic nitrogens is 1. The van der Waals surface area contributed by atoms with Crippen molar-refractivity contribution in [3.63, 3.8) is 0 Å². The highest BCUT2D eigenvalue weighted by molar-refractivity contribution is 7.07. The summed E-state index contributed by atoms with van der Waals surface area (Å²) in [7, 11) is 1.98. The van der Waals surface area contributed by atoms with Crippen LogP contribution in [0.25, 0.3) is 17.0 Å². The van der Waals surface area contributed by atoms with E-state index in [1.54, 1.807) is 6.08 Å². The maximum absolute atomic E-state index is 11.9. The van der Waals surface area contributed by atoms with Gasteiger partial charge in [-0.25, -0.2) is 0 Å². The number of aliphatic hydroxyl groups excluding tert-OH is 1. The molecule has 23 heavy (non-hydrogen) atoms. The first-order valence-electron chi connectivity index (χ1n) is 7.35. The highest BCUT2D eigenvalue weighted by Gasteiger charge is 2.09. The number of carbonyl (C=O) groups is 1. The Balaban J connectivity index is 1.64. The molecule has 0 spiro atoms. The van der Waals surface area contributed by atoms with Crippen molar-refractivity contribution in [2.24, 2.45) is 7.05 Å². The minimum absolute atomic E-state index is 0.204. The highest BCUT2D eigenvalue weighted by Crippen LogP contribution is 2.21. The third-order valence-electron chi connectivity index (χ3n) is 3.74. The van der Waals surface area contributed by atoms with Crippen molar-refractivity contribution >= 4 is 34.2 Å². The number of amides is 1. The van der Waals surface area contributed by atoms with Crippen LogP contribution in [0.5, 0.6) is 0 Å². The number of aryl methyl sites for hydroxylation is 1. The molecule has 3 aromatic rings. The quantitative estimate of drug-likeness (QED) is 0.708. The van der Waals surface area contributed by atoms with Gasteiger partial charge in [-0.2, -0.15) is 11.3 Å². The van der Waals surface area contributed by atoms with E-state index < -0.39 is 6.10 Å². The Morgan fingerprint density at radius 2 is 2.22 bits per heavy atom. The molecule has 2 N–H and O–H groups in total. The van der Waals surface area contributed by atoms with Crippen LogP contribution in [0.4, 0.5) is 0 Å². The van der Waals surface area contributed by atoms with Crippen molar-refractivity contribution in [1.29, 1.82) is 0 Å². The van der Waals surface area contributed by atoms with E-state index in [1.807, 2.05) is 58.9 Å². The van der Waals surface area contributed by atoms with E-state index in [1.165, 1.54) is 17.4 Å². The molecule has 1 aromatic carbocycles. The third kappa shape index (κ3) is 3.52. The van der Waals surface area contributed by atoms with Gasteiger partial charge in [-0.3, -0.25) is 4.79 Å². The van der Waals surface area contributed by atoms with Crippen LogP contribution in [0.2, 0.25) is 0 Å². The van der Waals surface area contributed by atoms with Gasteiger partial charge in [0.25, 0.3) is 0 Å². The number of nitrogens with one attached hydrogen (secondary N) is 1. The highest BCUT2D eigenvalue weighted by atomic mass is 32.1. The van der Waals surface area contributed by atoms with Crippen LogP contribution >= 0.6 is 11.3 Å². The molecule has 4 nitrogen and oxygen atoms in total. The molecule has 118 valence electrons. The molecule has 0 radical (unpaired) electrons. The Kier molecular flexibility index (Phi) is 4.60. The number of carbonyl (C=O) groups excluding carboxylic acids is 1. The van der Waals surface area contributed by atoms with Gasteiger partial charge in [0.05, 0.1) is 6.10 Å². The van der Waals surface area contributed by atoms with Crippen molar-refractivity contribution in [1.82, 2.24) is 9.88 Å². The second kappa shape index (κ2) is 6.81. The first kappa shape index (κ1) is 15.5. The Labute approximate surface area is 138 Å². The van der Waals surface area contributed by atoms with Crippen LogP contribution in [-0.2, 0) is 11.8 Å². The average molecular weight is 326 g/mol. The van der Waals surface area contributed by atoms with Gasteiger partial charge in [0, 0.05) is 42.3 Å². The van der Waals surface area contributed by atoms with E-state index in [0.29, 0.717) is 0 Å². The summed E-state index contributed by atoms with van der Waals surface area (Å²) in [5.41, 5.74) is 2.95. The molecule has 0 saturated heterocycles. The Morgan fingerprint density at radius 1 is 1.39 bits per heavy atom. The number of thiophene rings is 1.